The molecule has 118 valence electrons. The SMILES string of the molecule is CC(C)N(CCCO)CC(=O)NCCc1cccc(Cl)c1. The molecule has 2 N–H and O–H groups in total. The molecule has 0 aliphatic carbocycles. The van der Waals surface area contributed by atoms with Crippen molar-refractivity contribution in [1.82, 2.24) is 10.2 Å². The van der Waals surface area contributed by atoms with Gasteiger partial charge in [0.25, 0.3) is 0 Å². The summed E-state index contributed by atoms with van der Waals surface area (Å²) in [7, 11) is 0. The van der Waals surface area contributed by atoms with E-state index in [0.717, 1.165) is 18.5 Å². The molecule has 0 saturated heterocycles. The summed E-state index contributed by atoms with van der Waals surface area (Å²) >= 11 is 5.92. The normalized spacial score (nSPS) is 11.1. The summed E-state index contributed by atoms with van der Waals surface area (Å²) < 4.78 is 0. The second-order valence-electron chi connectivity index (χ2n) is 5.37. The third kappa shape index (κ3) is 7.46. The van der Waals surface area contributed by atoms with Gasteiger partial charge in [-0.3, -0.25) is 9.69 Å². The number of nitrogens with zero attached hydrogens (tertiary/aromatic N) is 1. The van der Waals surface area contributed by atoms with E-state index < -0.39 is 0 Å². The van der Waals surface area contributed by atoms with Gasteiger partial charge in [0.15, 0.2) is 0 Å². The van der Waals surface area contributed by atoms with Crippen LogP contribution in [-0.4, -0.2) is 48.2 Å². The van der Waals surface area contributed by atoms with Crippen LogP contribution in [0.5, 0.6) is 0 Å². The summed E-state index contributed by atoms with van der Waals surface area (Å²) in [5.41, 5.74) is 1.11. The Morgan fingerprint density at radius 2 is 2.19 bits per heavy atom. The Hall–Kier alpha value is -1.10. The number of carbonyl (C=O) groups excluding carboxylic acids is 1. The third-order valence-corrected chi connectivity index (χ3v) is 3.54. The average molecular weight is 313 g/mol. The first-order valence-electron chi connectivity index (χ1n) is 7.39. The highest BCUT2D eigenvalue weighted by molar-refractivity contribution is 6.30. The lowest BCUT2D eigenvalue weighted by molar-refractivity contribution is -0.122. The Kier molecular flexibility index (Phi) is 8.35. The second-order valence-corrected chi connectivity index (χ2v) is 5.81. The fourth-order valence-electron chi connectivity index (χ4n) is 2.07. The number of hydrogen-bond acceptors (Lipinski definition) is 3. The van der Waals surface area contributed by atoms with Gasteiger partial charge in [0, 0.05) is 30.8 Å². The van der Waals surface area contributed by atoms with Crippen molar-refractivity contribution in [3.05, 3.63) is 34.9 Å². The van der Waals surface area contributed by atoms with Crippen LogP contribution < -0.4 is 5.32 Å². The first kappa shape index (κ1) is 18.0. The van der Waals surface area contributed by atoms with Gasteiger partial charge in [0.1, 0.15) is 0 Å². The highest BCUT2D eigenvalue weighted by Crippen LogP contribution is 2.10. The molecule has 0 fully saturated rings. The van der Waals surface area contributed by atoms with Crippen LogP contribution in [0, 0.1) is 0 Å². The molecule has 0 aliphatic rings. The van der Waals surface area contributed by atoms with Crippen LogP contribution >= 0.6 is 11.6 Å². The van der Waals surface area contributed by atoms with Crippen molar-refractivity contribution in [2.75, 3.05) is 26.2 Å². The quantitative estimate of drug-likeness (QED) is 0.734. The monoisotopic (exact) mass is 312 g/mol. The Bertz CT molecular complexity index is 438. The number of benzene rings is 1. The minimum absolute atomic E-state index is 0.0173. The first-order valence-corrected chi connectivity index (χ1v) is 7.76. The molecule has 5 heteroatoms. The van der Waals surface area contributed by atoms with Gasteiger partial charge >= 0.3 is 0 Å². The lowest BCUT2D eigenvalue weighted by Crippen LogP contribution is -2.42. The number of rotatable bonds is 9. The predicted octanol–water partition coefficient (Wildman–Crippen LogP) is 2.09. The molecule has 4 nitrogen and oxygen atoms in total. The highest BCUT2D eigenvalue weighted by atomic mass is 35.5. The highest BCUT2D eigenvalue weighted by Gasteiger charge is 2.13. The number of nitrogens with one attached hydrogen (secondary N) is 1. The molecule has 0 spiro atoms. The Morgan fingerprint density at radius 3 is 2.81 bits per heavy atom. The maximum atomic E-state index is 11.9. The molecule has 0 heterocycles. The van der Waals surface area contributed by atoms with Gasteiger partial charge in [-0.2, -0.15) is 0 Å². The summed E-state index contributed by atoms with van der Waals surface area (Å²) in [6, 6.07) is 7.95. The molecular weight excluding hydrogens is 288 g/mol. The number of aliphatic hydroxyl groups is 1. The third-order valence-electron chi connectivity index (χ3n) is 3.31. The van der Waals surface area contributed by atoms with E-state index >= 15 is 0 Å². The molecule has 0 atom stereocenters. The summed E-state index contributed by atoms with van der Waals surface area (Å²) in [4.78, 5) is 14.0. The van der Waals surface area contributed by atoms with Crippen LogP contribution in [-0.2, 0) is 11.2 Å². The van der Waals surface area contributed by atoms with E-state index in [4.69, 9.17) is 16.7 Å². The Morgan fingerprint density at radius 1 is 1.43 bits per heavy atom. The number of hydrogen-bond donors (Lipinski definition) is 2. The Balaban J connectivity index is 2.32. The molecule has 1 amide bonds. The standard InChI is InChI=1S/C16H25ClN2O2/c1-13(2)19(9-4-10-20)12-16(21)18-8-7-14-5-3-6-15(17)11-14/h3,5-6,11,13,20H,4,7-10,12H2,1-2H3,(H,18,21). The van der Waals surface area contributed by atoms with Gasteiger partial charge in [-0.05, 0) is 44.4 Å². The lowest BCUT2D eigenvalue weighted by atomic mass is 10.1. The van der Waals surface area contributed by atoms with Crippen molar-refractivity contribution < 1.29 is 9.90 Å². The van der Waals surface area contributed by atoms with E-state index in [1.807, 2.05) is 24.3 Å². The van der Waals surface area contributed by atoms with Crippen molar-refractivity contribution >= 4 is 17.5 Å². The minimum atomic E-state index is 0.0173. The van der Waals surface area contributed by atoms with Crippen LogP contribution in [0.1, 0.15) is 25.8 Å². The maximum absolute atomic E-state index is 11.9. The molecule has 21 heavy (non-hydrogen) atoms. The van der Waals surface area contributed by atoms with Crippen molar-refractivity contribution in [3.8, 4) is 0 Å². The smallest absolute Gasteiger partial charge is 0.234 e. The lowest BCUT2D eigenvalue weighted by Gasteiger charge is -2.25. The van der Waals surface area contributed by atoms with Crippen LogP contribution in [0.4, 0.5) is 0 Å². The molecule has 0 aliphatic heterocycles. The van der Waals surface area contributed by atoms with Crippen LogP contribution in [0.3, 0.4) is 0 Å². The number of amides is 1. The maximum Gasteiger partial charge on any atom is 0.234 e. The summed E-state index contributed by atoms with van der Waals surface area (Å²) in [6.45, 7) is 5.96. The second kappa shape index (κ2) is 9.77. The zero-order valence-corrected chi connectivity index (χ0v) is 13.6. The van der Waals surface area contributed by atoms with Crippen LogP contribution in [0.25, 0.3) is 0 Å². The largest absolute Gasteiger partial charge is 0.396 e. The molecule has 1 aromatic rings. The first-order chi connectivity index (χ1) is 10.0. The average Bonchev–Trinajstić information content (AvgIpc) is 2.43. The van der Waals surface area contributed by atoms with E-state index in [1.54, 1.807) is 0 Å². The number of halogens is 1. The summed E-state index contributed by atoms with van der Waals surface area (Å²) in [5.74, 6) is 0.0173. The van der Waals surface area contributed by atoms with E-state index in [9.17, 15) is 4.79 Å². The topological polar surface area (TPSA) is 52.6 Å². The summed E-state index contributed by atoms with van der Waals surface area (Å²) in [5, 5.41) is 12.5. The fourth-order valence-corrected chi connectivity index (χ4v) is 2.29. The van der Waals surface area contributed by atoms with E-state index in [-0.39, 0.29) is 18.6 Å². The molecule has 1 rings (SSSR count). The molecule has 0 bridgehead atoms. The van der Waals surface area contributed by atoms with Gasteiger partial charge in [-0.15, -0.1) is 0 Å². The van der Waals surface area contributed by atoms with E-state index in [2.05, 4.69) is 24.1 Å². The molecule has 0 unspecified atom stereocenters. The zero-order chi connectivity index (χ0) is 15.7. The number of aliphatic hydroxyl groups excluding tert-OH is 1. The molecule has 0 aromatic heterocycles. The fraction of sp³-hybridized carbons (Fsp3) is 0.562. The van der Waals surface area contributed by atoms with Crippen molar-refractivity contribution in [2.24, 2.45) is 0 Å². The van der Waals surface area contributed by atoms with Gasteiger partial charge in [0.05, 0.1) is 6.54 Å². The van der Waals surface area contributed by atoms with Crippen molar-refractivity contribution in [2.45, 2.75) is 32.7 Å². The van der Waals surface area contributed by atoms with Gasteiger partial charge in [-0.1, -0.05) is 23.7 Å². The van der Waals surface area contributed by atoms with E-state index in [1.165, 1.54) is 0 Å². The van der Waals surface area contributed by atoms with Crippen LogP contribution in [0.2, 0.25) is 5.02 Å². The minimum Gasteiger partial charge on any atom is -0.396 e. The van der Waals surface area contributed by atoms with Gasteiger partial charge in [0.2, 0.25) is 5.91 Å². The molecule has 1 aromatic carbocycles. The summed E-state index contributed by atoms with van der Waals surface area (Å²) in [6.07, 6.45) is 1.46. The predicted molar refractivity (Wildman–Crippen MR) is 86.6 cm³/mol. The van der Waals surface area contributed by atoms with Crippen LogP contribution in [0.15, 0.2) is 24.3 Å². The molecule has 0 radical (unpaired) electrons. The van der Waals surface area contributed by atoms with Crippen molar-refractivity contribution in [3.63, 3.8) is 0 Å². The molecular formula is C16H25ClN2O2. The van der Waals surface area contributed by atoms with E-state index in [0.29, 0.717) is 24.5 Å². The van der Waals surface area contributed by atoms with Gasteiger partial charge < -0.3 is 10.4 Å². The van der Waals surface area contributed by atoms with Gasteiger partial charge in [-0.25, -0.2) is 0 Å². The molecule has 0 saturated carbocycles. The zero-order valence-electron chi connectivity index (χ0n) is 12.8. The number of carbonyl (C=O) groups is 1. The Labute approximate surface area is 132 Å². The van der Waals surface area contributed by atoms with Crippen molar-refractivity contribution in [1.29, 1.82) is 0 Å².